The van der Waals surface area contributed by atoms with Crippen LogP contribution in [-0.4, -0.2) is 12.6 Å². The van der Waals surface area contributed by atoms with Crippen molar-refractivity contribution in [1.82, 2.24) is 0 Å². The lowest BCUT2D eigenvalue weighted by Gasteiger charge is -2.28. The molecule has 0 heterocycles. The summed E-state index contributed by atoms with van der Waals surface area (Å²) in [5.74, 6) is -5.21. The SMILES string of the molecule is CCCCCCCOc1ccc(C2CCC(C(=O)Oc3ccc(C4CCC(C)CC4)c(F)c3F)CC2)c(F)c1F. The molecular weight excluding hydrogens is 520 g/mol. The van der Waals surface area contributed by atoms with Gasteiger partial charge in [-0.15, -0.1) is 0 Å². The molecule has 2 saturated carbocycles. The van der Waals surface area contributed by atoms with Gasteiger partial charge >= 0.3 is 5.97 Å². The summed E-state index contributed by atoms with van der Waals surface area (Å²) >= 11 is 0. The van der Waals surface area contributed by atoms with E-state index in [9.17, 15) is 22.4 Å². The van der Waals surface area contributed by atoms with Crippen molar-refractivity contribution in [2.75, 3.05) is 6.61 Å². The molecule has 0 unspecified atom stereocenters. The molecule has 0 radical (unpaired) electrons. The monoisotopic (exact) mass is 562 g/mol. The molecule has 7 heteroatoms. The van der Waals surface area contributed by atoms with E-state index in [1.165, 1.54) is 18.2 Å². The molecule has 0 spiro atoms. The first-order valence-electron chi connectivity index (χ1n) is 15.1. The van der Waals surface area contributed by atoms with Gasteiger partial charge in [0, 0.05) is 0 Å². The van der Waals surface area contributed by atoms with Gasteiger partial charge in [0.15, 0.2) is 23.1 Å². The van der Waals surface area contributed by atoms with Crippen LogP contribution in [0.4, 0.5) is 17.6 Å². The minimum Gasteiger partial charge on any atom is -0.490 e. The molecule has 0 amide bonds. The molecule has 2 aromatic carbocycles. The molecule has 2 aliphatic rings. The fourth-order valence-corrected chi connectivity index (χ4v) is 6.20. The standard InChI is InChI=1S/C33H42F4O3/c1-3-4-5-6-7-20-39-27-18-16-25(29(34)31(27)36)23-12-14-24(15-13-23)33(38)40-28-19-17-26(30(35)32(28)37)22-10-8-21(2)9-11-22/h16-19,21-24H,3-15,20H2,1-2H3. The zero-order chi connectivity index (χ0) is 28.6. The van der Waals surface area contributed by atoms with Crippen LogP contribution >= 0.6 is 0 Å². The Bertz CT molecular complexity index is 1140. The number of esters is 1. The average Bonchev–Trinajstić information content (AvgIpc) is 2.96. The van der Waals surface area contributed by atoms with Crippen LogP contribution in [0.5, 0.6) is 11.5 Å². The largest absolute Gasteiger partial charge is 0.490 e. The van der Waals surface area contributed by atoms with E-state index in [4.69, 9.17) is 9.47 Å². The van der Waals surface area contributed by atoms with Crippen molar-refractivity contribution in [2.45, 2.75) is 109 Å². The summed E-state index contributed by atoms with van der Waals surface area (Å²) in [6, 6.07) is 5.94. The first-order valence-corrected chi connectivity index (χ1v) is 15.1. The quantitative estimate of drug-likeness (QED) is 0.118. The summed E-state index contributed by atoms with van der Waals surface area (Å²) in [5, 5.41) is 0. The molecule has 2 aliphatic carbocycles. The van der Waals surface area contributed by atoms with Crippen LogP contribution in [0, 0.1) is 35.1 Å². The Kier molecular flexibility index (Phi) is 10.9. The van der Waals surface area contributed by atoms with Crippen molar-refractivity contribution in [3.05, 3.63) is 58.7 Å². The van der Waals surface area contributed by atoms with E-state index in [0.29, 0.717) is 43.8 Å². The number of halogens is 4. The first-order chi connectivity index (χ1) is 19.3. The number of rotatable bonds is 11. The Hall–Kier alpha value is -2.57. The van der Waals surface area contributed by atoms with Gasteiger partial charge in [-0.05, 0) is 86.0 Å². The number of hydrogen-bond donors (Lipinski definition) is 0. The lowest BCUT2D eigenvalue weighted by molar-refractivity contribution is -0.140. The summed E-state index contributed by atoms with van der Waals surface area (Å²) in [7, 11) is 0. The van der Waals surface area contributed by atoms with Gasteiger partial charge in [0.05, 0.1) is 12.5 Å². The maximum Gasteiger partial charge on any atom is 0.314 e. The van der Waals surface area contributed by atoms with E-state index in [1.807, 2.05) is 0 Å². The second-order valence-electron chi connectivity index (χ2n) is 11.8. The third-order valence-electron chi connectivity index (χ3n) is 8.83. The van der Waals surface area contributed by atoms with E-state index < -0.39 is 40.9 Å². The number of carbonyl (C=O) groups excluding carboxylic acids is 1. The maximum absolute atomic E-state index is 14.9. The topological polar surface area (TPSA) is 35.5 Å². The minimum atomic E-state index is -1.13. The Balaban J connectivity index is 1.29. The summed E-state index contributed by atoms with van der Waals surface area (Å²) in [6.07, 6.45) is 10.5. The number of unbranched alkanes of at least 4 members (excludes halogenated alkanes) is 4. The summed E-state index contributed by atoms with van der Waals surface area (Å²) < 4.78 is 70.1. The zero-order valence-electron chi connectivity index (χ0n) is 23.8. The van der Waals surface area contributed by atoms with E-state index in [2.05, 4.69) is 13.8 Å². The molecule has 0 saturated heterocycles. The smallest absolute Gasteiger partial charge is 0.314 e. The van der Waals surface area contributed by atoms with Crippen LogP contribution in [0.25, 0.3) is 0 Å². The summed E-state index contributed by atoms with van der Waals surface area (Å²) in [5.41, 5.74) is 0.628. The lowest BCUT2D eigenvalue weighted by Crippen LogP contribution is -2.26. The Morgan fingerprint density at radius 1 is 0.700 bits per heavy atom. The van der Waals surface area contributed by atoms with E-state index in [-0.39, 0.29) is 23.1 Å². The Labute approximate surface area is 235 Å². The highest BCUT2D eigenvalue weighted by Crippen LogP contribution is 2.41. The van der Waals surface area contributed by atoms with Crippen molar-refractivity contribution in [1.29, 1.82) is 0 Å². The molecule has 0 N–H and O–H groups in total. The maximum atomic E-state index is 14.9. The molecule has 4 rings (SSSR count). The normalized spacial score (nSPS) is 23.1. The predicted octanol–water partition coefficient (Wildman–Crippen LogP) is 9.77. The van der Waals surface area contributed by atoms with Crippen molar-refractivity contribution in [3.63, 3.8) is 0 Å². The van der Waals surface area contributed by atoms with Crippen LogP contribution in [-0.2, 0) is 4.79 Å². The van der Waals surface area contributed by atoms with Gasteiger partial charge in [0.1, 0.15) is 0 Å². The van der Waals surface area contributed by atoms with Crippen molar-refractivity contribution in [2.24, 2.45) is 11.8 Å². The van der Waals surface area contributed by atoms with Crippen LogP contribution in [0.1, 0.15) is 120 Å². The first kappa shape index (κ1) is 30.4. The van der Waals surface area contributed by atoms with Crippen molar-refractivity contribution >= 4 is 5.97 Å². The number of hydrogen-bond acceptors (Lipinski definition) is 3. The van der Waals surface area contributed by atoms with Crippen LogP contribution in [0.2, 0.25) is 0 Å². The highest BCUT2D eigenvalue weighted by molar-refractivity contribution is 5.75. The molecule has 2 aromatic rings. The zero-order valence-corrected chi connectivity index (χ0v) is 23.8. The molecule has 0 aromatic heterocycles. The van der Waals surface area contributed by atoms with Gasteiger partial charge in [0.2, 0.25) is 11.6 Å². The van der Waals surface area contributed by atoms with Gasteiger partial charge in [-0.25, -0.2) is 8.78 Å². The second-order valence-corrected chi connectivity index (χ2v) is 11.8. The highest BCUT2D eigenvalue weighted by Gasteiger charge is 2.32. The second kappa shape index (κ2) is 14.4. The molecule has 40 heavy (non-hydrogen) atoms. The predicted molar refractivity (Wildman–Crippen MR) is 148 cm³/mol. The third-order valence-corrected chi connectivity index (χ3v) is 8.83. The van der Waals surface area contributed by atoms with Crippen LogP contribution in [0.3, 0.4) is 0 Å². The molecule has 0 bridgehead atoms. The third kappa shape index (κ3) is 7.38. The summed E-state index contributed by atoms with van der Waals surface area (Å²) in [6.45, 7) is 4.65. The van der Waals surface area contributed by atoms with Gasteiger partial charge in [-0.1, -0.05) is 64.5 Å². The Morgan fingerprint density at radius 2 is 1.23 bits per heavy atom. The lowest BCUT2D eigenvalue weighted by atomic mass is 9.78. The molecular formula is C33H42F4O3. The van der Waals surface area contributed by atoms with E-state index in [0.717, 1.165) is 57.8 Å². The molecule has 0 atom stereocenters. The van der Waals surface area contributed by atoms with Crippen LogP contribution < -0.4 is 9.47 Å². The summed E-state index contributed by atoms with van der Waals surface area (Å²) in [4.78, 5) is 12.8. The van der Waals surface area contributed by atoms with Crippen molar-refractivity contribution < 1.29 is 31.8 Å². The highest BCUT2D eigenvalue weighted by atomic mass is 19.2. The van der Waals surface area contributed by atoms with Gasteiger partial charge in [0.25, 0.3) is 0 Å². The van der Waals surface area contributed by atoms with E-state index >= 15 is 0 Å². The molecule has 3 nitrogen and oxygen atoms in total. The number of carbonyl (C=O) groups is 1. The van der Waals surface area contributed by atoms with Gasteiger partial charge < -0.3 is 9.47 Å². The van der Waals surface area contributed by atoms with Crippen LogP contribution in [0.15, 0.2) is 24.3 Å². The van der Waals surface area contributed by atoms with Crippen molar-refractivity contribution in [3.8, 4) is 11.5 Å². The number of ether oxygens (including phenoxy) is 2. The fourth-order valence-electron chi connectivity index (χ4n) is 6.20. The molecule has 0 aliphatic heterocycles. The van der Waals surface area contributed by atoms with E-state index in [1.54, 1.807) is 6.07 Å². The van der Waals surface area contributed by atoms with Gasteiger partial charge in [-0.2, -0.15) is 8.78 Å². The van der Waals surface area contributed by atoms with Gasteiger partial charge in [-0.3, -0.25) is 4.79 Å². The molecule has 220 valence electrons. The fraction of sp³-hybridized carbons (Fsp3) is 0.606. The minimum absolute atomic E-state index is 0.0212. The number of benzene rings is 2. The Morgan fingerprint density at radius 3 is 1.82 bits per heavy atom. The molecule has 2 fully saturated rings. The average molecular weight is 563 g/mol.